The zero-order valence-corrected chi connectivity index (χ0v) is 20.6. The highest BCUT2D eigenvalue weighted by Gasteiger charge is 2.41. The molecule has 0 spiro atoms. The molecule has 3 rings (SSSR count). The summed E-state index contributed by atoms with van der Waals surface area (Å²) in [5, 5.41) is 11.3. The first-order valence-corrected chi connectivity index (χ1v) is 12.2. The van der Waals surface area contributed by atoms with Crippen LogP contribution in [0.25, 0.3) is 0 Å². The van der Waals surface area contributed by atoms with Crippen molar-refractivity contribution in [3.8, 4) is 5.88 Å². The monoisotopic (exact) mass is 513 g/mol. The van der Waals surface area contributed by atoms with Crippen molar-refractivity contribution in [2.24, 2.45) is 0 Å². The van der Waals surface area contributed by atoms with Crippen molar-refractivity contribution >= 4 is 13.5 Å². The maximum atomic E-state index is 12.8. The minimum absolute atomic E-state index is 0.00892. The van der Waals surface area contributed by atoms with E-state index in [2.05, 4.69) is 9.51 Å². The number of phosphoric acid groups is 1. The Hall–Kier alpha value is -2.67. The predicted molar refractivity (Wildman–Crippen MR) is 122 cm³/mol. The number of nitro benzene ring substituents is 1. The molecule has 1 aliphatic rings. The SMILES string of the molecule is COC[C@H]1O[C@@H](n2cc(C)c(OCC(C)c3ccccc3[N+](=O)[O-])nc2=O)CC1OP(=O)(O)OC. The number of ether oxygens (including phenoxy) is 3. The van der Waals surface area contributed by atoms with Gasteiger partial charge in [0.15, 0.2) is 0 Å². The number of nitrogens with zero attached hydrogens (tertiary/aromatic N) is 3. The molecule has 0 radical (unpaired) electrons. The quantitative estimate of drug-likeness (QED) is 0.267. The third-order valence-corrected chi connectivity index (χ3v) is 6.54. The fourth-order valence-corrected chi connectivity index (χ4v) is 4.43. The van der Waals surface area contributed by atoms with Crippen molar-refractivity contribution in [1.29, 1.82) is 0 Å². The lowest BCUT2D eigenvalue weighted by Gasteiger charge is -2.19. The van der Waals surface area contributed by atoms with Crippen LogP contribution >= 0.6 is 7.82 Å². The Bertz CT molecular complexity index is 1160. The van der Waals surface area contributed by atoms with Gasteiger partial charge in [0.2, 0.25) is 5.88 Å². The maximum Gasteiger partial charge on any atom is 0.472 e. The topological polar surface area (TPSA) is 161 Å². The van der Waals surface area contributed by atoms with Crippen molar-refractivity contribution in [2.45, 2.75) is 44.6 Å². The van der Waals surface area contributed by atoms with Crippen LogP contribution in [0.5, 0.6) is 5.88 Å². The molecule has 192 valence electrons. The van der Waals surface area contributed by atoms with Gasteiger partial charge in [-0.3, -0.25) is 23.7 Å². The van der Waals surface area contributed by atoms with Gasteiger partial charge in [0.05, 0.1) is 18.1 Å². The Morgan fingerprint density at radius 1 is 1.37 bits per heavy atom. The average Bonchev–Trinajstić information content (AvgIpc) is 3.20. The molecule has 1 fully saturated rings. The van der Waals surface area contributed by atoms with Crippen LogP contribution in [0.1, 0.15) is 36.6 Å². The van der Waals surface area contributed by atoms with Crippen molar-refractivity contribution in [3.05, 3.63) is 62.2 Å². The van der Waals surface area contributed by atoms with Crippen LogP contribution in [-0.2, 0) is 23.1 Å². The lowest BCUT2D eigenvalue weighted by Crippen LogP contribution is -2.29. The molecule has 2 heterocycles. The van der Waals surface area contributed by atoms with Gasteiger partial charge < -0.3 is 19.1 Å². The van der Waals surface area contributed by atoms with Crippen LogP contribution in [0.2, 0.25) is 0 Å². The van der Waals surface area contributed by atoms with E-state index in [1.54, 1.807) is 32.0 Å². The number of rotatable bonds is 11. The molecule has 1 aromatic heterocycles. The Labute approximate surface area is 201 Å². The summed E-state index contributed by atoms with van der Waals surface area (Å²) in [7, 11) is -1.80. The van der Waals surface area contributed by atoms with E-state index >= 15 is 0 Å². The molecule has 1 N–H and O–H groups in total. The Kier molecular flexibility index (Phi) is 8.75. The lowest BCUT2D eigenvalue weighted by atomic mass is 10.0. The Morgan fingerprint density at radius 2 is 2.09 bits per heavy atom. The summed E-state index contributed by atoms with van der Waals surface area (Å²) < 4.78 is 39.4. The Morgan fingerprint density at radius 3 is 2.74 bits per heavy atom. The first kappa shape index (κ1) is 26.9. The second-order valence-corrected chi connectivity index (χ2v) is 9.58. The molecule has 1 aliphatic heterocycles. The van der Waals surface area contributed by atoms with Crippen LogP contribution in [0.3, 0.4) is 0 Å². The average molecular weight is 513 g/mol. The van der Waals surface area contributed by atoms with E-state index in [1.165, 1.54) is 23.9 Å². The number of hydrogen-bond acceptors (Lipinski definition) is 10. The van der Waals surface area contributed by atoms with E-state index < -0.39 is 36.9 Å². The van der Waals surface area contributed by atoms with E-state index in [9.17, 15) is 24.4 Å². The molecule has 1 aromatic carbocycles. The summed E-state index contributed by atoms with van der Waals surface area (Å²) in [6.07, 6.45) is -0.812. The van der Waals surface area contributed by atoms with Crippen LogP contribution in [0.15, 0.2) is 35.3 Å². The summed E-state index contributed by atoms with van der Waals surface area (Å²) >= 11 is 0. The first-order chi connectivity index (χ1) is 16.6. The normalized spacial score (nSPS) is 22.5. The molecule has 14 heteroatoms. The predicted octanol–water partition coefficient (Wildman–Crippen LogP) is 2.71. The standard InChI is InChI=1S/C21H28N3O10P/c1-13-10-23(19-9-17(18(33-19)12-30-3)34-35(28,29)31-4)21(25)22-20(13)32-11-14(2)15-7-5-6-8-16(15)24(26)27/h5-8,10,14,17-19H,9,11-12H2,1-4H3,(H,28,29)/t14?,17?,18-,19-/m1/s1. The molecule has 13 nitrogen and oxygen atoms in total. The molecular formula is C21H28N3O10P. The summed E-state index contributed by atoms with van der Waals surface area (Å²) in [6, 6.07) is 6.38. The van der Waals surface area contributed by atoms with Crippen LogP contribution in [-0.4, -0.2) is 59.0 Å². The van der Waals surface area contributed by atoms with Gasteiger partial charge in [-0.1, -0.05) is 25.1 Å². The van der Waals surface area contributed by atoms with Gasteiger partial charge in [-0.05, 0) is 6.92 Å². The molecule has 1 saturated heterocycles. The summed E-state index contributed by atoms with van der Waals surface area (Å²) in [4.78, 5) is 37.3. The van der Waals surface area contributed by atoms with E-state index in [4.69, 9.17) is 18.7 Å². The van der Waals surface area contributed by atoms with Crippen LogP contribution < -0.4 is 10.4 Å². The smallest absolute Gasteiger partial charge is 0.472 e. The molecule has 35 heavy (non-hydrogen) atoms. The van der Waals surface area contributed by atoms with Gasteiger partial charge in [0, 0.05) is 49.9 Å². The highest BCUT2D eigenvalue weighted by Crippen LogP contribution is 2.47. The highest BCUT2D eigenvalue weighted by atomic mass is 31.2. The molecule has 0 bridgehead atoms. The van der Waals surface area contributed by atoms with Crippen LogP contribution in [0, 0.1) is 17.0 Å². The fraction of sp³-hybridized carbons (Fsp3) is 0.524. The molecule has 0 amide bonds. The van der Waals surface area contributed by atoms with Gasteiger partial charge >= 0.3 is 13.5 Å². The van der Waals surface area contributed by atoms with Gasteiger partial charge in [-0.2, -0.15) is 4.98 Å². The van der Waals surface area contributed by atoms with Gasteiger partial charge in [0.25, 0.3) is 5.69 Å². The van der Waals surface area contributed by atoms with E-state index in [1.807, 2.05) is 0 Å². The Balaban J connectivity index is 1.75. The number of aryl methyl sites for hydroxylation is 1. The maximum absolute atomic E-state index is 12.8. The summed E-state index contributed by atoms with van der Waals surface area (Å²) in [5.41, 5.74) is 0.366. The number of phosphoric ester groups is 1. The molecule has 2 aromatic rings. The van der Waals surface area contributed by atoms with Crippen LogP contribution in [0.4, 0.5) is 5.69 Å². The van der Waals surface area contributed by atoms with Gasteiger partial charge in [-0.25, -0.2) is 9.36 Å². The first-order valence-electron chi connectivity index (χ1n) is 10.7. The molecular weight excluding hydrogens is 485 g/mol. The van der Waals surface area contributed by atoms with Crippen molar-refractivity contribution in [1.82, 2.24) is 9.55 Å². The number of nitro groups is 1. The van der Waals surface area contributed by atoms with Crippen molar-refractivity contribution in [2.75, 3.05) is 27.4 Å². The highest BCUT2D eigenvalue weighted by molar-refractivity contribution is 7.47. The summed E-state index contributed by atoms with van der Waals surface area (Å²) in [6.45, 7) is 3.60. The van der Waals surface area contributed by atoms with E-state index in [0.717, 1.165) is 7.11 Å². The molecule has 5 atom stereocenters. The van der Waals surface area contributed by atoms with Gasteiger partial charge in [-0.15, -0.1) is 0 Å². The number of aromatic nitrogens is 2. The van der Waals surface area contributed by atoms with E-state index in [0.29, 0.717) is 11.1 Å². The third-order valence-electron chi connectivity index (χ3n) is 5.54. The molecule has 3 unspecified atom stereocenters. The largest absolute Gasteiger partial charge is 0.477 e. The second kappa shape index (κ2) is 11.4. The fourth-order valence-electron chi connectivity index (χ4n) is 3.78. The zero-order chi connectivity index (χ0) is 25.8. The minimum atomic E-state index is -4.29. The van der Waals surface area contributed by atoms with Gasteiger partial charge in [0.1, 0.15) is 18.4 Å². The molecule has 0 aliphatic carbocycles. The van der Waals surface area contributed by atoms with E-state index in [-0.39, 0.29) is 37.1 Å². The summed E-state index contributed by atoms with van der Waals surface area (Å²) in [5.74, 6) is -0.240. The lowest BCUT2D eigenvalue weighted by molar-refractivity contribution is -0.385. The number of hydrogen-bond donors (Lipinski definition) is 1. The minimum Gasteiger partial charge on any atom is -0.477 e. The number of methoxy groups -OCH3 is 1. The second-order valence-electron chi connectivity index (χ2n) is 8.06. The zero-order valence-electron chi connectivity index (χ0n) is 19.7. The van der Waals surface area contributed by atoms with Crippen molar-refractivity contribution < 1.29 is 37.6 Å². The van der Waals surface area contributed by atoms with Crippen molar-refractivity contribution in [3.63, 3.8) is 0 Å². The number of para-hydroxylation sites is 1. The number of benzene rings is 1. The molecule has 0 saturated carbocycles. The third kappa shape index (κ3) is 6.51.